The minimum atomic E-state index is -0.907. The van der Waals surface area contributed by atoms with Crippen LogP contribution in [0.25, 0.3) is 0 Å². The van der Waals surface area contributed by atoms with E-state index in [0.29, 0.717) is 13.0 Å². The number of ether oxygens (including phenoxy) is 1. The summed E-state index contributed by atoms with van der Waals surface area (Å²) in [5, 5.41) is 0. The van der Waals surface area contributed by atoms with Crippen LogP contribution >= 0.6 is 0 Å². The van der Waals surface area contributed by atoms with Gasteiger partial charge in [0.1, 0.15) is 0 Å². The van der Waals surface area contributed by atoms with Gasteiger partial charge in [0.15, 0.2) is 5.85 Å². The molecule has 3 nitrogen and oxygen atoms in total. The molecule has 0 unspecified atom stereocenters. The highest BCUT2D eigenvalue weighted by atomic mass is 16.5. The molecular formula is C6H16N2O. The first kappa shape index (κ1) is 8.88. The second-order valence-corrected chi connectivity index (χ2v) is 2.16. The summed E-state index contributed by atoms with van der Waals surface area (Å²) < 4.78 is 5.08. The molecule has 0 aromatic carbocycles. The Morgan fingerprint density at radius 1 is 1.33 bits per heavy atom. The molecule has 0 aromatic heterocycles. The van der Waals surface area contributed by atoms with Gasteiger partial charge in [-0.3, -0.25) is 11.5 Å². The van der Waals surface area contributed by atoms with Crippen LogP contribution in [0.4, 0.5) is 0 Å². The van der Waals surface area contributed by atoms with Crippen molar-refractivity contribution in [3.8, 4) is 0 Å². The van der Waals surface area contributed by atoms with E-state index in [-0.39, 0.29) is 0 Å². The average Bonchev–Trinajstić information content (AvgIpc) is 1.84. The van der Waals surface area contributed by atoms with Crippen molar-refractivity contribution >= 4 is 0 Å². The minimum absolute atomic E-state index is 0.640. The summed E-state index contributed by atoms with van der Waals surface area (Å²) in [5.74, 6) is -0.907. The van der Waals surface area contributed by atoms with Gasteiger partial charge in [0.2, 0.25) is 0 Å². The molecule has 0 amide bonds. The van der Waals surface area contributed by atoms with Crippen LogP contribution in [0.1, 0.15) is 26.7 Å². The SMILES string of the molecule is CCCOC(N)(N)CC. The van der Waals surface area contributed by atoms with Gasteiger partial charge in [0.25, 0.3) is 0 Å². The van der Waals surface area contributed by atoms with Crippen molar-refractivity contribution in [3.05, 3.63) is 0 Å². The van der Waals surface area contributed by atoms with Crippen molar-refractivity contribution in [2.45, 2.75) is 32.5 Å². The van der Waals surface area contributed by atoms with Gasteiger partial charge in [0, 0.05) is 6.42 Å². The Labute approximate surface area is 56.4 Å². The molecule has 0 aliphatic rings. The summed E-state index contributed by atoms with van der Waals surface area (Å²) in [6, 6.07) is 0. The number of rotatable bonds is 4. The largest absolute Gasteiger partial charge is 0.348 e. The maximum atomic E-state index is 5.46. The van der Waals surface area contributed by atoms with E-state index in [2.05, 4.69) is 0 Å². The predicted octanol–water partition coefficient (Wildman–Crippen LogP) is 0.394. The third kappa shape index (κ3) is 4.39. The Hall–Kier alpha value is -0.120. The fourth-order valence-corrected chi connectivity index (χ4v) is 0.394. The van der Waals surface area contributed by atoms with Gasteiger partial charge < -0.3 is 4.74 Å². The lowest BCUT2D eigenvalue weighted by Gasteiger charge is -2.22. The Morgan fingerprint density at radius 3 is 2.22 bits per heavy atom. The molecule has 0 atom stereocenters. The molecule has 0 aliphatic heterocycles. The van der Waals surface area contributed by atoms with Gasteiger partial charge in [-0.2, -0.15) is 0 Å². The fourth-order valence-electron chi connectivity index (χ4n) is 0.394. The van der Waals surface area contributed by atoms with Crippen LogP contribution in [0.15, 0.2) is 0 Å². The molecule has 0 aliphatic carbocycles. The van der Waals surface area contributed by atoms with Gasteiger partial charge in [0.05, 0.1) is 6.61 Å². The van der Waals surface area contributed by atoms with Crippen LogP contribution in [-0.4, -0.2) is 12.5 Å². The van der Waals surface area contributed by atoms with Crippen molar-refractivity contribution in [2.75, 3.05) is 6.61 Å². The smallest absolute Gasteiger partial charge is 0.169 e. The van der Waals surface area contributed by atoms with Crippen LogP contribution in [-0.2, 0) is 4.74 Å². The van der Waals surface area contributed by atoms with Gasteiger partial charge >= 0.3 is 0 Å². The molecule has 0 rings (SSSR count). The molecule has 0 fully saturated rings. The van der Waals surface area contributed by atoms with Crippen LogP contribution in [0.5, 0.6) is 0 Å². The number of nitrogens with two attached hydrogens (primary N) is 2. The summed E-state index contributed by atoms with van der Waals surface area (Å²) in [4.78, 5) is 0. The summed E-state index contributed by atoms with van der Waals surface area (Å²) >= 11 is 0. The van der Waals surface area contributed by atoms with Gasteiger partial charge in [-0.05, 0) is 6.42 Å². The minimum Gasteiger partial charge on any atom is -0.348 e. The van der Waals surface area contributed by atoms with Crippen molar-refractivity contribution in [1.82, 2.24) is 0 Å². The second kappa shape index (κ2) is 3.82. The Kier molecular flexibility index (Phi) is 3.77. The van der Waals surface area contributed by atoms with E-state index in [0.717, 1.165) is 6.42 Å². The highest BCUT2D eigenvalue weighted by molar-refractivity contribution is 4.59. The monoisotopic (exact) mass is 132 g/mol. The zero-order valence-corrected chi connectivity index (χ0v) is 6.18. The van der Waals surface area contributed by atoms with Gasteiger partial charge in [-0.25, -0.2) is 0 Å². The third-order valence-electron chi connectivity index (χ3n) is 1.13. The molecule has 56 valence electrons. The Balaban J connectivity index is 3.33. The average molecular weight is 132 g/mol. The second-order valence-electron chi connectivity index (χ2n) is 2.16. The number of hydrogen-bond donors (Lipinski definition) is 2. The van der Waals surface area contributed by atoms with Crippen molar-refractivity contribution in [1.29, 1.82) is 0 Å². The third-order valence-corrected chi connectivity index (χ3v) is 1.13. The molecule has 0 saturated heterocycles. The van der Waals surface area contributed by atoms with E-state index >= 15 is 0 Å². The predicted molar refractivity (Wildman–Crippen MR) is 37.6 cm³/mol. The lowest BCUT2D eigenvalue weighted by Crippen LogP contribution is -2.51. The summed E-state index contributed by atoms with van der Waals surface area (Å²) in [7, 11) is 0. The van der Waals surface area contributed by atoms with Crippen molar-refractivity contribution in [2.24, 2.45) is 11.5 Å². The molecule has 0 radical (unpaired) electrons. The van der Waals surface area contributed by atoms with E-state index in [1.54, 1.807) is 0 Å². The van der Waals surface area contributed by atoms with E-state index in [4.69, 9.17) is 16.2 Å². The van der Waals surface area contributed by atoms with E-state index < -0.39 is 5.85 Å². The van der Waals surface area contributed by atoms with E-state index in [1.165, 1.54) is 0 Å². The maximum absolute atomic E-state index is 5.46. The molecule has 0 bridgehead atoms. The lowest BCUT2D eigenvalue weighted by atomic mass is 10.3. The first-order chi connectivity index (χ1) is 4.12. The molecule has 9 heavy (non-hydrogen) atoms. The Morgan fingerprint density at radius 2 is 1.89 bits per heavy atom. The highest BCUT2D eigenvalue weighted by Gasteiger charge is 2.14. The first-order valence-corrected chi connectivity index (χ1v) is 3.34. The van der Waals surface area contributed by atoms with Gasteiger partial charge in [-0.1, -0.05) is 13.8 Å². The van der Waals surface area contributed by atoms with Crippen molar-refractivity contribution < 1.29 is 4.74 Å². The molecule has 4 N–H and O–H groups in total. The fraction of sp³-hybridized carbons (Fsp3) is 1.00. The summed E-state index contributed by atoms with van der Waals surface area (Å²) in [6.45, 7) is 4.56. The van der Waals surface area contributed by atoms with Crippen LogP contribution in [0.2, 0.25) is 0 Å². The molecule has 3 heteroatoms. The molecule has 0 aromatic rings. The van der Waals surface area contributed by atoms with Gasteiger partial charge in [-0.15, -0.1) is 0 Å². The van der Waals surface area contributed by atoms with E-state index in [9.17, 15) is 0 Å². The standard InChI is InChI=1S/C6H16N2O/c1-3-5-9-6(7,8)4-2/h3-5,7-8H2,1-2H3. The van der Waals surface area contributed by atoms with Crippen LogP contribution < -0.4 is 11.5 Å². The lowest BCUT2D eigenvalue weighted by molar-refractivity contribution is -0.0390. The number of hydrogen-bond acceptors (Lipinski definition) is 3. The summed E-state index contributed by atoms with van der Waals surface area (Å²) in [5.41, 5.74) is 10.9. The molecular weight excluding hydrogens is 116 g/mol. The summed E-state index contributed by atoms with van der Waals surface area (Å²) in [6.07, 6.45) is 1.60. The molecule has 0 saturated carbocycles. The molecule has 0 spiro atoms. The quantitative estimate of drug-likeness (QED) is 0.544. The highest BCUT2D eigenvalue weighted by Crippen LogP contribution is 1.99. The topological polar surface area (TPSA) is 61.3 Å². The van der Waals surface area contributed by atoms with E-state index in [1.807, 2.05) is 13.8 Å². The zero-order chi connectivity index (χ0) is 7.33. The van der Waals surface area contributed by atoms with Crippen LogP contribution in [0.3, 0.4) is 0 Å². The van der Waals surface area contributed by atoms with Crippen LogP contribution in [0, 0.1) is 0 Å². The first-order valence-electron chi connectivity index (χ1n) is 3.34. The normalized spacial score (nSPS) is 12.0. The molecule has 0 heterocycles. The van der Waals surface area contributed by atoms with Crippen molar-refractivity contribution in [3.63, 3.8) is 0 Å². The Bertz CT molecular complexity index is 73.5. The zero-order valence-electron chi connectivity index (χ0n) is 6.18. The maximum Gasteiger partial charge on any atom is 0.169 e.